The molecule has 0 atom stereocenters. The summed E-state index contributed by atoms with van der Waals surface area (Å²) in [5.74, 6) is 0.348. The zero-order valence-corrected chi connectivity index (χ0v) is 12.1. The molecule has 0 aromatic carbocycles. The quantitative estimate of drug-likeness (QED) is 0.909. The van der Waals surface area contributed by atoms with Gasteiger partial charge in [-0.25, -0.2) is 9.97 Å². The molecule has 0 radical (unpaired) electrons. The number of anilines is 1. The van der Waals surface area contributed by atoms with Crippen LogP contribution in [0, 0.1) is 6.92 Å². The first kappa shape index (κ1) is 13.8. The van der Waals surface area contributed by atoms with Crippen LogP contribution in [-0.2, 0) is 6.54 Å². The molecule has 5 nitrogen and oxygen atoms in total. The van der Waals surface area contributed by atoms with E-state index in [0.29, 0.717) is 22.9 Å². The molecular formula is C12H13ClN4OS. The molecular weight excluding hydrogens is 284 g/mol. The molecule has 0 saturated carbocycles. The summed E-state index contributed by atoms with van der Waals surface area (Å²) in [6.45, 7) is 2.37. The van der Waals surface area contributed by atoms with Crippen molar-refractivity contribution in [3.8, 4) is 0 Å². The van der Waals surface area contributed by atoms with E-state index in [0.717, 1.165) is 10.6 Å². The third kappa shape index (κ3) is 3.21. The summed E-state index contributed by atoms with van der Waals surface area (Å²) in [4.78, 5) is 21.2. The summed E-state index contributed by atoms with van der Waals surface area (Å²) < 4.78 is 0. The highest BCUT2D eigenvalue weighted by Crippen LogP contribution is 2.19. The number of hydrogen-bond acceptors (Lipinski definition) is 5. The highest BCUT2D eigenvalue weighted by atomic mass is 35.5. The van der Waals surface area contributed by atoms with Gasteiger partial charge in [0.15, 0.2) is 0 Å². The lowest BCUT2D eigenvalue weighted by atomic mass is 10.2. The van der Waals surface area contributed by atoms with Crippen LogP contribution >= 0.6 is 22.9 Å². The summed E-state index contributed by atoms with van der Waals surface area (Å²) >= 11 is 7.50. The average Bonchev–Trinajstić information content (AvgIpc) is 2.81. The smallest absolute Gasteiger partial charge is 0.253 e. The van der Waals surface area contributed by atoms with Gasteiger partial charge in [0.05, 0.1) is 28.3 Å². The third-order valence-electron chi connectivity index (χ3n) is 2.59. The fourth-order valence-corrected chi connectivity index (χ4v) is 2.48. The number of nitrogens with one attached hydrogen (secondary N) is 2. The Morgan fingerprint density at radius 1 is 1.47 bits per heavy atom. The fourth-order valence-electron chi connectivity index (χ4n) is 1.50. The van der Waals surface area contributed by atoms with Gasteiger partial charge in [-0.15, -0.1) is 11.3 Å². The molecule has 7 heteroatoms. The van der Waals surface area contributed by atoms with Crippen LogP contribution in [0.3, 0.4) is 0 Å². The van der Waals surface area contributed by atoms with E-state index in [2.05, 4.69) is 20.6 Å². The van der Waals surface area contributed by atoms with Gasteiger partial charge >= 0.3 is 0 Å². The first-order valence-electron chi connectivity index (χ1n) is 5.62. The first-order valence-corrected chi connectivity index (χ1v) is 6.88. The molecule has 0 fully saturated rings. The highest BCUT2D eigenvalue weighted by Gasteiger charge is 2.10. The summed E-state index contributed by atoms with van der Waals surface area (Å²) in [5.41, 5.74) is 3.13. The Morgan fingerprint density at radius 3 is 2.84 bits per heavy atom. The number of nitrogens with zero attached hydrogens (tertiary/aromatic N) is 2. The third-order valence-corrected chi connectivity index (χ3v) is 3.82. The molecule has 2 aromatic heterocycles. The van der Waals surface area contributed by atoms with E-state index in [1.807, 2.05) is 6.92 Å². The molecule has 0 aliphatic heterocycles. The number of pyridine rings is 1. The van der Waals surface area contributed by atoms with Crippen molar-refractivity contribution in [1.82, 2.24) is 15.3 Å². The zero-order chi connectivity index (χ0) is 13.8. The maximum absolute atomic E-state index is 12.0. The van der Waals surface area contributed by atoms with Crippen LogP contribution in [0.15, 0.2) is 17.8 Å². The number of thiazole rings is 1. The first-order chi connectivity index (χ1) is 9.11. The minimum absolute atomic E-state index is 0.204. The average molecular weight is 297 g/mol. The number of rotatable bonds is 4. The van der Waals surface area contributed by atoms with Crippen LogP contribution in [0.4, 0.5) is 5.82 Å². The molecule has 0 aliphatic carbocycles. The number of amides is 1. The Morgan fingerprint density at radius 2 is 2.26 bits per heavy atom. The maximum atomic E-state index is 12.0. The number of carbonyl (C=O) groups is 1. The lowest BCUT2D eigenvalue weighted by molar-refractivity contribution is 0.0951. The number of hydrogen-bond donors (Lipinski definition) is 2. The molecule has 0 saturated heterocycles. The van der Waals surface area contributed by atoms with Crippen molar-refractivity contribution in [2.75, 3.05) is 12.4 Å². The molecule has 100 valence electrons. The Bertz CT molecular complexity index is 599. The Balaban J connectivity index is 2.04. The minimum atomic E-state index is -0.204. The second-order valence-corrected chi connectivity index (χ2v) is 5.19. The van der Waals surface area contributed by atoms with Gasteiger partial charge in [0.25, 0.3) is 5.91 Å². The normalized spacial score (nSPS) is 10.3. The van der Waals surface area contributed by atoms with Crippen molar-refractivity contribution in [2.24, 2.45) is 0 Å². The second-order valence-electron chi connectivity index (χ2n) is 3.85. The van der Waals surface area contributed by atoms with Crippen LogP contribution in [0.2, 0.25) is 5.02 Å². The van der Waals surface area contributed by atoms with Crippen LogP contribution in [0.5, 0.6) is 0 Å². The predicted octanol–water partition coefficient (Wildman–Crippen LogP) is 2.47. The summed E-state index contributed by atoms with van der Waals surface area (Å²) in [6, 6.07) is 1.59. The van der Waals surface area contributed by atoms with Crippen molar-refractivity contribution < 1.29 is 4.79 Å². The van der Waals surface area contributed by atoms with Gasteiger partial charge in [-0.2, -0.15) is 0 Å². The van der Waals surface area contributed by atoms with Gasteiger partial charge in [-0.3, -0.25) is 4.79 Å². The fraction of sp³-hybridized carbons (Fsp3) is 0.250. The van der Waals surface area contributed by atoms with Gasteiger partial charge in [0, 0.05) is 18.1 Å². The van der Waals surface area contributed by atoms with Gasteiger partial charge < -0.3 is 10.6 Å². The van der Waals surface area contributed by atoms with Gasteiger partial charge in [0.1, 0.15) is 5.82 Å². The van der Waals surface area contributed by atoms with Crippen molar-refractivity contribution in [1.29, 1.82) is 0 Å². The van der Waals surface area contributed by atoms with E-state index in [9.17, 15) is 4.79 Å². The standard InChI is InChI=1S/C12H13ClN4OS/c1-7-10(19-6-17-7)5-16-12(18)8-3-9(13)11(14-2)15-4-8/h3-4,6H,5H2,1-2H3,(H,14,15)(H,16,18). The molecule has 0 spiro atoms. The van der Waals surface area contributed by atoms with E-state index in [-0.39, 0.29) is 5.91 Å². The van der Waals surface area contributed by atoms with E-state index in [1.54, 1.807) is 18.6 Å². The molecule has 0 bridgehead atoms. The van der Waals surface area contributed by atoms with Crippen LogP contribution in [0.1, 0.15) is 20.9 Å². The summed E-state index contributed by atoms with van der Waals surface area (Å²) in [5, 5.41) is 6.08. The second kappa shape index (κ2) is 5.99. The van der Waals surface area contributed by atoms with E-state index in [4.69, 9.17) is 11.6 Å². The van der Waals surface area contributed by atoms with Crippen LogP contribution < -0.4 is 10.6 Å². The SMILES string of the molecule is CNc1ncc(C(=O)NCc2scnc2C)cc1Cl. The largest absolute Gasteiger partial charge is 0.372 e. The van der Waals surface area contributed by atoms with E-state index in [1.165, 1.54) is 17.5 Å². The molecule has 0 unspecified atom stereocenters. The van der Waals surface area contributed by atoms with Gasteiger partial charge in [0.2, 0.25) is 0 Å². The molecule has 1 amide bonds. The highest BCUT2D eigenvalue weighted by molar-refractivity contribution is 7.09. The monoisotopic (exact) mass is 296 g/mol. The van der Waals surface area contributed by atoms with Gasteiger partial charge in [-0.05, 0) is 13.0 Å². The number of aryl methyl sites for hydroxylation is 1. The molecule has 0 aliphatic rings. The Labute approximate surface area is 120 Å². The number of aromatic nitrogens is 2. The minimum Gasteiger partial charge on any atom is -0.372 e. The number of halogens is 1. The van der Waals surface area contributed by atoms with Gasteiger partial charge in [-0.1, -0.05) is 11.6 Å². The molecule has 2 aromatic rings. The molecule has 2 N–H and O–H groups in total. The van der Waals surface area contributed by atoms with Crippen molar-refractivity contribution in [2.45, 2.75) is 13.5 Å². The molecule has 2 rings (SSSR count). The van der Waals surface area contributed by atoms with Crippen molar-refractivity contribution >= 4 is 34.7 Å². The van der Waals surface area contributed by atoms with E-state index < -0.39 is 0 Å². The maximum Gasteiger partial charge on any atom is 0.253 e. The summed E-state index contributed by atoms with van der Waals surface area (Å²) in [6.07, 6.45) is 1.49. The van der Waals surface area contributed by atoms with Crippen LogP contribution in [0.25, 0.3) is 0 Å². The molecule has 2 heterocycles. The zero-order valence-electron chi connectivity index (χ0n) is 10.5. The predicted molar refractivity (Wildman–Crippen MR) is 76.8 cm³/mol. The van der Waals surface area contributed by atoms with Crippen LogP contribution in [-0.4, -0.2) is 22.9 Å². The summed E-state index contributed by atoms with van der Waals surface area (Å²) in [7, 11) is 1.72. The Hall–Kier alpha value is -1.66. The van der Waals surface area contributed by atoms with Crippen molar-refractivity contribution in [3.63, 3.8) is 0 Å². The van der Waals surface area contributed by atoms with E-state index >= 15 is 0 Å². The topological polar surface area (TPSA) is 66.9 Å². The molecule has 19 heavy (non-hydrogen) atoms. The lowest BCUT2D eigenvalue weighted by Crippen LogP contribution is -2.23. The Kier molecular flexibility index (Phi) is 4.34. The lowest BCUT2D eigenvalue weighted by Gasteiger charge is -2.06. The number of carbonyl (C=O) groups excluding carboxylic acids is 1. The van der Waals surface area contributed by atoms with Crippen molar-refractivity contribution in [3.05, 3.63) is 38.9 Å².